The average molecular weight is 495 g/mol. The molecule has 3 aliphatic rings. The maximum atomic E-state index is 13.6. The molecule has 0 atom stereocenters. The van der Waals surface area contributed by atoms with Crippen molar-refractivity contribution >= 4 is 17.4 Å². The van der Waals surface area contributed by atoms with Crippen LogP contribution in [0.1, 0.15) is 84.7 Å². The molecule has 0 unspecified atom stereocenters. The Kier molecular flexibility index (Phi) is 6.69. The fourth-order valence-electron chi connectivity index (χ4n) is 5.42. The summed E-state index contributed by atoms with van der Waals surface area (Å²) in [5.41, 5.74) is 3.30. The van der Waals surface area contributed by atoms with Gasteiger partial charge >= 0.3 is 0 Å². The van der Waals surface area contributed by atoms with Crippen molar-refractivity contribution in [2.75, 3.05) is 29.9 Å². The summed E-state index contributed by atoms with van der Waals surface area (Å²) in [7, 11) is 0. The first-order valence-electron chi connectivity index (χ1n) is 12.8. The second-order valence-corrected chi connectivity index (χ2v) is 10.5. The number of benzene rings is 1. The van der Waals surface area contributed by atoms with Crippen LogP contribution in [0.25, 0.3) is 0 Å². The number of aliphatic hydroxyl groups excluding tert-OH is 1. The molecule has 36 heavy (non-hydrogen) atoms. The maximum Gasteiger partial charge on any atom is 0.258 e. The molecule has 0 radical (unpaired) electrons. The molecule has 1 aromatic heterocycles. The second-order valence-electron chi connectivity index (χ2n) is 10.5. The fraction of sp³-hybridized carbons (Fsp3) is 0.536. The predicted molar refractivity (Wildman–Crippen MR) is 134 cm³/mol. The van der Waals surface area contributed by atoms with Crippen molar-refractivity contribution in [2.24, 2.45) is 5.41 Å². The summed E-state index contributed by atoms with van der Waals surface area (Å²) in [6, 6.07) is 7.18. The average Bonchev–Trinajstić information content (AvgIpc) is 3.61. The number of alkyl halides is 2. The molecule has 1 saturated heterocycles. The van der Waals surface area contributed by atoms with Gasteiger partial charge in [-0.3, -0.25) is 4.79 Å². The standard InChI is InChI=1S/C28H32F2N4O2/c1-19-17-24(32-25(31-19)21-6-8-28(29,30)9-7-21)33-26(36)22-5-4-20(3-2-16-35)18-23(22)34-14-12-27(10-11-27)13-15-34/h4-5,17-18,21,35H,6-16H2,1H3,(H,31,32,33,36). The molecule has 0 bridgehead atoms. The minimum atomic E-state index is -2.62. The first kappa shape index (κ1) is 24.6. The zero-order valence-electron chi connectivity index (χ0n) is 20.6. The smallest absolute Gasteiger partial charge is 0.258 e. The van der Waals surface area contributed by atoms with Crippen LogP contribution < -0.4 is 10.2 Å². The number of nitrogens with one attached hydrogen (secondary N) is 1. The van der Waals surface area contributed by atoms with Gasteiger partial charge in [0.15, 0.2) is 0 Å². The maximum absolute atomic E-state index is 13.6. The number of halogens is 2. The first-order valence-corrected chi connectivity index (χ1v) is 12.8. The van der Waals surface area contributed by atoms with Crippen LogP contribution in [0.15, 0.2) is 24.3 Å². The Morgan fingerprint density at radius 2 is 1.83 bits per heavy atom. The van der Waals surface area contributed by atoms with E-state index in [2.05, 4.69) is 32.0 Å². The number of piperidine rings is 1. The number of amides is 1. The fourth-order valence-corrected chi connectivity index (χ4v) is 5.42. The minimum Gasteiger partial charge on any atom is -0.384 e. The molecule has 8 heteroatoms. The Hall–Kier alpha value is -3.05. The van der Waals surface area contributed by atoms with E-state index < -0.39 is 5.92 Å². The molecule has 2 aliphatic carbocycles. The van der Waals surface area contributed by atoms with Crippen molar-refractivity contribution in [1.82, 2.24) is 9.97 Å². The van der Waals surface area contributed by atoms with Crippen molar-refractivity contribution in [3.8, 4) is 11.8 Å². The number of aromatic nitrogens is 2. The Morgan fingerprint density at radius 1 is 1.11 bits per heavy atom. The molecule has 3 fully saturated rings. The van der Waals surface area contributed by atoms with E-state index in [1.807, 2.05) is 13.0 Å². The van der Waals surface area contributed by atoms with E-state index in [9.17, 15) is 13.6 Å². The number of anilines is 2. The van der Waals surface area contributed by atoms with E-state index in [4.69, 9.17) is 5.11 Å². The van der Waals surface area contributed by atoms with Gasteiger partial charge in [0, 0.05) is 49.2 Å². The third-order valence-electron chi connectivity index (χ3n) is 7.87. The van der Waals surface area contributed by atoms with E-state index in [1.165, 1.54) is 12.8 Å². The van der Waals surface area contributed by atoms with Crippen LogP contribution in [-0.2, 0) is 0 Å². The number of carbonyl (C=O) groups excluding carboxylic acids is 1. The molecule has 1 spiro atoms. The van der Waals surface area contributed by atoms with Gasteiger partial charge in [-0.25, -0.2) is 18.7 Å². The van der Waals surface area contributed by atoms with E-state index >= 15 is 0 Å². The van der Waals surface area contributed by atoms with Gasteiger partial charge in [0.1, 0.15) is 18.2 Å². The van der Waals surface area contributed by atoms with Crippen molar-refractivity contribution < 1.29 is 18.7 Å². The SMILES string of the molecule is Cc1cc(NC(=O)c2ccc(C#CCO)cc2N2CCC3(CC2)CC3)nc(C2CCC(F)(F)CC2)n1. The Labute approximate surface area is 210 Å². The highest BCUT2D eigenvalue weighted by Crippen LogP contribution is 2.54. The number of aryl methyl sites for hydroxylation is 1. The molecule has 2 heterocycles. The van der Waals surface area contributed by atoms with Gasteiger partial charge < -0.3 is 15.3 Å². The van der Waals surface area contributed by atoms with Crippen LogP contribution in [0.4, 0.5) is 20.3 Å². The zero-order valence-corrected chi connectivity index (χ0v) is 20.6. The molecule has 1 amide bonds. The molecule has 1 aliphatic heterocycles. The van der Waals surface area contributed by atoms with E-state index in [0.717, 1.165) is 37.2 Å². The normalized spacial score (nSPS) is 20.5. The topological polar surface area (TPSA) is 78.4 Å². The molecule has 1 aromatic carbocycles. The molecule has 2 aromatic rings. The predicted octanol–water partition coefficient (Wildman–Crippen LogP) is 5.05. The summed E-state index contributed by atoms with van der Waals surface area (Å²) in [6.07, 6.45) is 5.17. The van der Waals surface area contributed by atoms with Crippen molar-refractivity contribution in [3.63, 3.8) is 0 Å². The van der Waals surface area contributed by atoms with E-state index in [0.29, 0.717) is 41.2 Å². The molecule has 6 nitrogen and oxygen atoms in total. The van der Waals surface area contributed by atoms with Gasteiger partial charge in [0.05, 0.1) is 11.3 Å². The molecule has 2 N–H and O–H groups in total. The summed E-state index contributed by atoms with van der Waals surface area (Å²) < 4.78 is 27.2. The van der Waals surface area contributed by atoms with Gasteiger partial charge in [0.2, 0.25) is 5.92 Å². The summed E-state index contributed by atoms with van der Waals surface area (Å²) in [6.45, 7) is 3.37. The van der Waals surface area contributed by atoms with Gasteiger partial charge in [-0.2, -0.15) is 0 Å². The summed E-state index contributed by atoms with van der Waals surface area (Å²) in [5.74, 6) is 3.48. The van der Waals surface area contributed by atoms with Crippen LogP contribution in [0.3, 0.4) is 0 Å². The number of hydrogen-bond donors (Lipinski definition) is 2. The lowest BCUT2D eigenvalue weighted by atomic mass is 9.86. The number of carbonyl (C=O) groups is 1. The third kappa shape index (κ3) is 5.52. The van der Waals surface area contributed by atoms with Crippen molar-refractivity contribution in [1.29, 1.82) is 0 Å². The van der Waals surface area contributed by atoms with Crippen LogP contribution in [-0.4, -0.2) is 46.6 Å². The number of hydrogen-bond acceptors (Lipinski definition) is 5. The van der Waals surface area contributed by atoms with Crippen LogP contribution in [0.5, 0.6) is 0 Å². The number of aliphatic hydroxyl groups is 1. The number of nitrogens with zero attached hydrogens (tertiary/aromatic N) is 3. The first-order chi connectivity index (χ1) is 17.3. The Balaban J connectivity index is 1.38. The molecular formula is C28H32F2N4O2. The molecule has 5 rings (SSSR count). The Bertz CT molecular complexity index is 1200. The van der Waals surface area contributed by atoms with Gasteiger partial charge in [-0.15, -0.1) is 0 Å². The van der Waals surface area contributed by atoms with Gasteiger partial charge in [-0.1, -0.05) is 11.8 Å². The highest BCUT2D eigenvalue weighted by atomic mass is 19.3. The lowest BCUT2D eigenvalue weighted by Crippen LogP contribution is -2.35. The lowest BCUT2D eigenvalue weighted by molar-refractivity contribution is -0.0387. The minimum absolute atomic E-state index is 0.136. The van der Waals surface area contributed by atoms with E-state index in [1.54, 1.807) is 18.2 Å². The number of rotatable bonds is 4. The largest absolute Gasteiger partial charge is 0.384 e. The van der Waals surface area contributed by atoms with Gasteiger partial charge in [0.25, 0.3) is 5.91 Å². The monoisotopic (exact) mass is 494 g/mol. The molecule has 2 saturated carbocycles. The zero-order chi connectivity index (χ0) is 25.3. The van der Waals surface area contributed by atoms with Crippen molar-refractivity contribution in [3.05, 3.63) is 46.9 Å². The Morgan fingerprint density at radius 3 is 2.50 bits per heavy atom. The lowest BCUT2D eigenvalue weighted by Gasteiger charge is -2.35. The second kappa shape index (κ2) is 9.78. The summed E-state index contributed by atoms with van der Waals surface area (Å²) in [5, 5.41) is 12.0. The quantitative estimate of drug-likeness (QED) is 0.582. The van der Waals surface area contributed by atoms with E-state index in [-0.39, 0.29) is 31.3 Å². The highest BCUT2D eigenvalue weighted by Gasteiger charge is 2.44. The third-order valence-corrected chi connectivity index (χ3v) is 7.87. The molecule has 190 valence electrons. The van der Waals surface area contributed by atoms with Crippen LogP contribution >= 0.6 is 0 Å². The summed E-state index contributed by atoms with van der Waals surface area (Å²) in [4.78, 5) is 24.7. The van der Waals surface area contributed by atoms with Crippen molar-refractivity contribution in [2.45, 2.75) is 70.1 Å². The summed E-state index contributed by atoms with van der Waals surface area (Å²) >= 11 is 0. The van der Waals surface area contributed by atoms with Crippen LogP contribution in [0.2, 0.25) is 0 Å². The van der Waals surface area contributed by atoms with Gasteiger partial charge in [-0.05, 0) is 69.1 Å². The molecular weight excluding hydrogens is 462 g/mol. The van der Waals surface area contributed by atoms with Crippen LogP contribution in [0, 0.1) is 24.2 Å². The highest BCUT2D eigenvalue weighted by molar-refractivity contribution is 6.08.